The number of ether oxygens (including phenoxy) is 1. The molecule has 1 aromatic carbocycles. The predicted octanol–water partition coefficient (Wildman–Crippen LogP) is 2.94. The van der Waals surface area contributed by atoms with E-state index < -0.39 is 0 Å². The van der Waals surface area contributed by atoms with Gasteiger partial charge in [-0.2, -0.15) is 5.10 Å². The Balaban J connectivity index is 2.21. The minimum atomic E-state index is 0.347. The number of nitrogens with zero attached hydrogens (tertiary/aromatic N) is 2. The largest absolute Gasteiger partial charge is 0.496 e. The van der Waals surface area contributed by atoms with Crippen molar-refractivity contribution in [2.24, 2.45) is 0 Å². The van der Waals surface area contributed by atoms with Gasteiger partial charge in [-0.25, -0.2) is 0 Å². The van der Waals surface area contributed by atoms with E-state index >= 15 is 0 Å². The molecule has 1 heterocycles. The van der Waals surface area contributed by atoms with Gasteiger partial charge in [-0.1, -0.05) is 17.7 Å². The summed E-state index contributed by atoms with van der Waals surface area (Å²) in [6.45, 7) is 0.611. The summed E-state index contributed by atoms with van der Waals surface area (Å²) in [4.78, 5) is 0. The van der Waals surface area contributed by atoms with Crippen LogP contribution >= 0.6 is 27.5 Å². The second-order valence-corrected chi connectivity index (χ2v) is 4.79. The van der Waals surface area contributed by atoms with Gasteiger partial charge in [-0.15, -0.1) is 0 Å². The van der Waals surface area contributed by atoms with Crippen LogP contribution in [0, 0.1) is 0 Å². The van der Waals surface area contributed by atoms with E-state index in [9.17, 15) is 0 Å². The molecular weight excluding hydrogens is 305 g/mol. The maximum absolute atomic E-state index is 5.84. The molecule has 0 saturated carbocycles. The summed E-state index contributed by atoms with van der Waals surface area (Å²) in [5.41, 5.74) is 6.66. The van der Waals surface area contributed by atoms with Gasteiger partial charge in [0.25, 0.3) is 0 Å². The molecule has 0 radical (unpaired) electrons. The van der Waals surface area contributed by atoms with E-state index in [-0.39, 0.29) is 0 Å². The summed E-state index contributed by atoms with van der Waals surface area (Å²) in [6.07, 6.45) is 1.70. The van der Waals surface area contributed by atoms with Crippen LogP contribution in [0.1, 0.15) is 5.56 Å². The van der Waals surface area contributed by atoms with Crippen LogP contribution in [0.5, 0.6) is 5.75 Å². The molecule has 0 spiro atoms. The fourth-order valence-electron chi connectivity index (χ4n) is 1.49. The molecule has 0 unspecified atom stereocenters. The van der Waals surface area contributed by atoms with Crippen LogP contribution in [0.3, 0.4) is 0 Å². The van der Waals surface area contributed by atoms with Crippen molar-refractivity contribution in [1.29, 1.82) is 0 Å². The highest BCUT2D eigenvalue weighted by molar-refractivity contribution is 9.10. The van der Waals surface area contributed by atoms with Gasteiger partial charge in [-0.05, 0) is 33.6 Å². The Labute approximate surface area is 112 Å². The number of rotatable bonds is 3. The Kier molecular flexibility index (Phi) is 3.59. The number of benzene rings is 1. The number of halogens is 2. The van der Waals surface area contributed by atoms with E-state index in [0.717, 1.165) is 15.8 Å². The van der Waals surface area contributed by atoms with E-state index in [4.69, 9.17) is 22.1 Å². The number of hydrogen-bond acceptors (Lipinski definition) is 3. The lowest BCUT2D eigenvalue weighted by Crippen LogP contribution is -2.01. The molecule has 0 amide bonds. The molecule has 4 nitrogen and oxygen atoms in total. The molecule has 2 N–H and O–H groups in total. The Hall–Kier alpha value is -1.20. The molecule has 0 aliphatic heterocycles. The van der Waals surface area contributed by atoms with Crippen LogP contribution in [0.15, 0.2) is 28.9 Å². The minimum Gasteiger partial charge on any atom is -0.496 e. The first-order valence-electron chi connectivity index (χ1n) is 4.91. The van der Waals surface area contributed by atoms with Crippen molar-refractivity contribution in [2.45, 2.75) is 6.54 Å². The summed E-state index contributed by atoms with van der Waals surface area (Å²) in [7, 11) is 1.63. The summed E-state index contributed by atoms with van der Waals surface area (Å²) in [5, 5.41) is 4.56. The van der Waals surface area contributed by atoms with Crippen molar-refractivity contribution in [3.63, 3.8) is 0 Å². The average molecular weight is 317 g/mol. The van der Waals surface area contributed by atoms with Gasteiger partial charge in [0.15, 0.2) is 5.82 Å². The molecule has 6 heteroatoms. The smallest absolute Gasteiger partial charge is 0.164 e. The third-order valence-electron chi connectivity index (χ3n) is 2.30. The highest BCUT2D eigenvalue weighted by atomic mass is 79.9. The standard InChI is InChI=1S/C11H11BrClN3O/c1-17-10-3-2-7(4-8(10)12)5-16-6-9(13)11(14)15-16/h2-4,6H,5H2,1H3,(H2,14,15). The Bertz CT molecular complexity index is 522. The third-order valence-corrected chi connectivity index (χ3v) is 3.21. The summed E-state index contributed by atoms with van der Waals surface area (Å²) < 4.78 is 7.77. The van der Waals surface area contributed by atoms with Gasteiger partial charge < -0.3 is 10.5 Å². The van der Waals surface area contributed by atoms with E-state index in [1.807, 2.05) is 18.2 Å². The lowest BCUT2D eigenvalue weighted by atomic mass is 10.2. The highest BCUT2D eigenvalue weighted by Crippen LogP contribution is 2.26. The Morgan fingerprint density at radius 3 is 2.82 bits per heavy atom. The van der Waals surface area contributed by atoms with Gasteiger partial charge in [0.05, 0.1) is 18.1 Å². The zero-order valence-electron chi connectivity index (χ0n) is 9.15. The maximum Gasteiger partial charge on any atom is 0.164 e. The fourth-order valence-corrected chi connectivity index (χ4v) is 2.23. The number of anilines is 1. The minimum absolute atomic E-state index is 0.347. The van der Waals surface area contributed by atoms with Gasteiger partial charge in [0.2, 0.25) is 0 Å². The normalized spacial score (nSPS) is 10.5. The first-order chi connectivity index (χ1) is 8.10. The monoisotopic (exact) mass is 315 g/mol. The topological polar surface area (TPSA) is 53.1 Å². The van der Waals surface area contributed by atoms with Crippen LogP contribution in [-0.2, 0) is 6.54 Å². The molecule has 0 fully saturated rings. The molecule has 0 aliphatic rings. The zero-order chi connectivity index (χ0) is 12.4. The van der Waals surface area contributed by atoms with E-state index in [1.54, 1.807) is 18.0 Å². The van der Waals surface area contributed by atoms with Crippen molar-refractivity contribution < 1.29 is 4.74 Å². The third kappa shape index (κ3) is 2.73. The molecule has 0 saturated heterocycles. The van der Waals surface area contributed by atoms with Crippen molar-refractivity contribution in [2.75, 3.05) is 12.8 Å². The Morgan fingerprint density at radius 2 is 2.29 bits per heavy atom. The second kappa shape index (κ2) is 4.98. The summed E-state index contributed by atoms with van der Waals surface area (Å²) in [5.74, 6) is 1.14. The molecule has 0 aliphatic carbocycles. The first kappa shape index (κ1) is 12.3. The molecule has 2 rings (SSSR count). The van der Waals surface area contributed by atoms with Crippen LogP contribution in [0.2, 0.25) is 5.02 Å². The van der Waals surface area contributed by atoms with Crippen LogP contribution in [0.4, 0.5) is 5.82 Å². The van der Waals surface area contributed by atoms with Crippen molar-refractivity contribution >= 4 is 33.3 Å². The first-order valence-corrected chi connectivity index (χ1v) is 6.08. The van der Waals surface area contributed by atoms with Crippen molar-refractivity contribution in [3.8, 4) is 5.75 Å². The zero-order valence-corrected chi connectivity index (χ0v) is 11.5. The highest BCUT2D eigenvalue weighted by Gasteiger charge is 2.05. The van der Waals surface area contributed by atoms with E-state index in [2.05, 4.69) is 21.0 Å². The number of methoxy groups -OCH3 is 1. The van der Waals surface area contributed by atoms with Crippen LogP contribution in [-0.4, -0.2) is 16.9 Å². The molecule has 17 heavy (non-hydrogen) atoms. The summed E-state index contributed by atoms with van der Waals surface area (Å²) in [6, 6.07) is 5.84. The van der Waals surface area contributed by atoms with Gasteiger partial charge >= 0.3 is 0 Å². The van der Waals surface area contributed by atoms with Gasteiger partial charge in [0, 0.05) is 6.20 Å². The van der Waals surface area contributed by atoms with Crippen molar-refractivity contribution in [1.82, 2.24) is 9.78 Å². The van der Waals surface area contributed by atoms with E-state index in [0.29, 0.717) is 17.4 Å². The molecule has 0 atom stereocenters. The number of nitrogen functional groups attached to an aromatic ring is 1. The molecule has 90 valence electrons. The summed E-state index contributed by atoms with van der Waals surface area (Å²) >= 11 is 9.27. The molecule has 1 aromatic heterocycles. The van der Waals surface area contributed by atoms with Crippen molar-refractivity contribution in [3.05, 3.63) is 39.5 Å². The quantitative estimate of drug-likeness (QED) is 0.947. The Morgan fingerprint density at radius 1 is 1.53 bits per heavy atom. The molecule has 2 aromatic rings. The second-order valence-electron chi connectivity index (χ2n) is 3.53. The van der Waals surface area contributed by atoms with Gasteiger partial charge in [-0.3, -0.25) is 4.68 Å². The maximum atomic E-state index is 5.84. The number of hydrogen-bond donors (Lipinski definition) is 1. The van der Waals surface area contributed by atoms with E-state index in [1.165, 1.54) is 0 Å². The van der Waals surface area contributed by atoms with Crippen LogP contribution < -0.4 is 10.5 Å². The average Bonchev–Trinajstić information content (AvgIpc) is 2.58. The van der Waals surface area contributed by atoms with Crippen LogP contribution in [0.25, 0.3) is 0 Å². The predicted molar refractivity (Wildman–Crippen MR) is 71.4 cm³/mol. The fraction of sp³-hybridized carbons (Fsp3) is 0.182. The molecular formula is C11H11BrClN3O. The number of nitrogens with two attached hydrogens (primary N) is 1. The molecule has 0 bridgehead atoms. The lowest BCUT2D eigenvalue weighted by molar-refractivity contribution is 0.412. The number of aromatic nitrogens is 2. The van der Waals surface area contributed by atoms with Gasteiger partial charge in [0.1, 0.15) is 10.8 Å². The lowest BCUT2D eigenvalue weighted by Gasteiger charge is -2.06. The SMILES string of the molecule is COc1ccc(Cn2cc(Cl)c(N)n2)cc1Br.